The summed E-state index contributed by atoms with van der Waals surface area (Å²) < 4.78 is 7.84. The minimum Gasteiger partial charge on any atom is -0.496 e. The van der Waals surface area contributed by atoms with Gasteiger partial charge >= 0.3 is 0 Å². The van der Waals surface area contributed by atoms with Crippen LogP contribution in [0.2, 0.25) is 5.02 Å². The topological polar surface area (TPSA) is 27.1 Å². The van der Waals surface area contributed by atoms with E-state index in [4.69, 9.17) is 21.3 Å². The zero-order valence-corrected chi connectivity index (χ0v) is 16.3. The third-order valence-electron chi connectivity index (χ3n) is 4.80. The highest BCUT2D eigenvalue weighted by molar-refractivity contribution is 6.30. The lowest BCUT2D eigenvalue weighted by Gasteiger charge is -2.18. The zero-order chi connectivity index (χ0) is 18.5. The van der Waals surface area contributed by atoms with E-state index < -0.39 is 0 Å². The van der Waals surface area contributed by atoms with Crippen LogP contribution in [0.25, 0.3) is 11.3 Å². The molecule has 0 aliphatic rings. The molecule has 136 valence electrons. The smallest absolute Gasteiger partial charge is 0.128 e. The number of para-hydroxylation sites is 1. The van der Waals surface area contributed by atoms with Crippen molar-refractivity contribution in [1.82, 2.24) is 9.55 Å². The summed E-state index contributed by atoms with van der Waals surface area (Å²) in [7, 11) is 1.71. The van der Waals surface area contributed by atoms with Gasteiger partial charge in [-0.3, -0.25) is 0 Å². The lowest BCUT2D eigenvalue weighted by atomic mass is 10.0. The van der Waals surface area contributed by atoms with Gasteiger partial charge < -0.3 is 9.30 Å². The Labute approximate surface area is 160 Å². The summed E-state index contributed by atoms with van der Waals surface area (Å²) >= 11 is 6.05. The molecule has 1 aromatic heterocycles. The third kappa shape index (κ3) is 3.78. The van der Waals surface area contributed by atoms with E-state index in [0.29, 0.717) is 0 Å². The average molecular weight is 369 g/mol. The van der Waals surface area contributed by atoms with Gasteiger partial charge in [-0.1, -0.05) is 49.2 Å². The van der Waals surface area contributed by atoms with Gasteiger partial charge in [-0.25, -0.2) is 4.98 Å². The molecule has 0 saturated carbocycles. The van der Waals surface area contributed by atoms with Crippen molar-refractivity contribution in [2.24, 2.45) is 0 Å². The highest BCUT2D eigenvalue weighted by atomic mass is 35.5. The number of halogens is 1. The van der Waals surface area contributed by atoms with Gasteiger partial charge in [-0.15, -0.1) is 0 Å². The monoisotopic (exact) mass is 368 g/mol. The first-order valence-corrected chi connectivity index (χ1v) is 9.48. The van der Waals surface area contributed by atoms with E-state index in [0.717, 1.165) is 41.3 Å². The van der Waals surface area contributed by atoms with Crippen LogP contribution < -0.4 is 4.74 Å². The molecule has 1 heterocycles. The molecule has 0 aliphatic heterocycles. The molecule has 0 amide bonds. The second-order valence-corrected chi connectivity index (χ2v) is 6.91. The average Bonchev–Trinajstić information content (AvgIpc) is 3.09. The quantitative estimate of drug-likeness (QED) is 0.499. The fourth-order valence-corrected chi connectivity index (χ4v) is 3.41. The fourth-order valence-electron chi connectivity index (χ4n) is 3.28. The van der Waals surface area contributed by atoms with Crippen LogP contribution in [0.3, 0.4) is 0 Å². The van der Waals surface area contributed by atoms with Gasteiger partial charge in [0.05, 0.1) is 25.2 Å². The molecule has 4 heteroatoms. The molecule has 3 nitrogen and oxygen atoms in total. The molecule has 0 N–H and O–H groups in total. The number of aromatic nitrogens is 2. The molecule has 0 bridgehead atoms. The number of hydrogen-bond donors (Lipinski definition) is 0. The molecule has 1 atom stereocenters. The van der Waals surface area contributed by atoms with E-state index in [1.165, 1.54) is 11.3 Å². The van der Waals surface area contributed by atoms with Gasteiger partial charge in [-0.2, -0.15) is 0 Å². The van der Waals surface area contributed by atoms with E-state index in [2.05, 4.69) is 36.6 Å². The second-order valence-electron chi connectivity index (χ2n) is 6.48. The summed E-state index contributed by atoms with van der Waals surface area (Å²) in [4.78, 5) is 4.77. The number of nitrogens with zero attached hydrogens (tertiary/aromatic N) is 2. The van der Waals surface area contributed by atoms with E-state index in [9.17, 15) is 0 Å². The SMILES string of the molecule is CCCCc1c(-c2ccccc2OC)ncn1C(C)c1ccc(Cl)cc1. The number of unbranched alkanes of at least 4 members (excludes halogenated alkanes) is 1. The lowest BCUT2D eigenvalue weighted by molar-refractivity contribution is 0.416. The predicted molar refractivity (Wildman–Crippen MR) is 108 cm³/mol. The van der Waals surface area contributed by atoms with E-state index in [1.54, 1.807) is 7.11 Å². The van der Waals surface area contributed by atoms with E-state index in [1.807, 2.05) is 36.7 Å². The zero-order valence-electron chi connectivity index (χ0n) is 15.6. The van der Waals surface area contributed by atoms with Crippen LogP contribution in [-0.2, 0) is 6.42 Å². The van der Waals surface area contributed by atoms with Crippen molar-refractivity contribution in [1.29, 1.82) is 0 Å². The second kappa shape index (κ2) is 8.41. The van der Waals surface area contributed by atoms with Crippen LogP contribution in [0.5, 0.6) is 5.75 Å². The van der Waals surface area contributed by atoms with Crippen LogP contribution >= 0.6 is 11.6 Å². The summed E-state index contributed by atoms with van der Waals surface area (Å²) in [5.74, 6) is 0.856. The standard InChI is InChI=1S/C22H25ClN2O/c1-4-5-9-20-22(19-8-6-7-10-21(19)26-3)24-15-25(20)16(2)17-11-13-18(23)14-12-17/h6-8,10-16H,4-5,9H2,1-3H3. The third-order valence-corrected chi connectivity index (χ3v) is 5.05. The maximum atomic E-state index is 6.05. The normalized spacial score (nSPS) is 12.2. The van der Waals surface area contributed by atoms with Crippen molar-refractivity contribution in [3.05, 3.63) is 71.1 Å². The van der Waals surface area contributed by atoms with Gasteiger partial charge in [-0.05, 0) is 49.6 Å². The van der Waals surface area contributed by atoms with Gasteiger partial charge in [0.2, 0.25) is 0 Å². The van der Waals surface area contributed by atoms with Crippen molar-refractivity contribution in [3.8, 4) is 17.0 Å². The molecule has 0 fully saturated rings. The number of imidazole rings is 1. The summed E-state index contributed by atoms with van der Waals surface area (Å²) in [6.07, 6.45) is 5.21. The largest absolute Gasteiger partial charge is 0.496 e. The Morgan fingerprint density at radius 3 is 2.54 bits per heavy atom. The van der Waals surface area contributed by atoms with Crippen molar-refractivity contribution in [2.45, 2.75) is 39.2 Å². The molecule has 2 aromatic carbocycles. The van der Waals surface area contributed by atoms with Crippen LogP contribution in [0.4, 0.5) is 0 Å². The van der Waals surface area contributed by atoms with Gasteiger partial charge in [0.15, 0.2) is 0 Å². The molecule has 0 aliphatic carbocycles. The first-order chi connectivity index (χ1) is 12.7. The van der Waals surface area contributed by atoms with Crippen LogP contribution in [0, 0.1) is 0 Å². The molecule has 3 aromatic rings. The van der Waals surface area contributed by atoms with Crippen LogP contribution in [-0.4, -0.2) is 16.7 Å². The molecule has 0 radical (unpaired) electrons. The molecular formula is C22H25ClN2O. The van der Waals surface area contributed by atoms with E-state index in [-0.39, 0.29) is 6.04 Å². The van der Waals surface area contributed by atoms with Crippen molar-refractivity contribution in [3.63, 3.8) is 0 Å². The Bertz CT molecular complexity index is 855. The Morgan fingerprint density at radius 2 is 1.85 bits per heavy atom. The van der Waals surface area contributed by atoms with Crippen molar-refractivity contribution in [2.75, 3.05) is 7.11 Å². The number of rotatable bonds is 7. The summed E-state index contributed by atoms with van der Waals surface area (Å²) in [6.45, 7) is 4.42. The highest BCUT2D eigenvalue weighted by Gasteiger charge is 2.19. The Kier molecular flexibility index (Phi) is 6.00. The minimum absolute atomic E-state index is 0.190. The molecule has 1 unspecified atom stereocenters. The number of hydrogen-bond acceptors (Lipinski definition) is 2. The maximum absolute atomic E-state index is 6.05. The molecule has 0 saturated heterocycles. The summed E-state index contributed by atoms with van der Waals surface area (Å²) in [6, 6.07) is 16.3. The number of ether oxygens (including phenoxy) is 1. The van der Waals surface area contributed by atoms with Crippen molar-refractivity contribution < 1.29 is 4.74 Å². The Balaban J connectivity index is 2.06. The minimum atomic E-state index is 0.190. The molecule has 26 heavy (non-hydrogen) atoms. The van der Waals surface area contributed by atoms with Crippen LogP contribution in [0.1, 0.15) is 44.0 Å². The van der Waals surface area contributed by atoms with E-state index >= 15 is 0 Å². The lowest BCUT2D eigenvalue weighted by Crippen LogP contribution is -2.10. The van der Waals surface area contributed by atoms with Crippen molar-refractivity contribution >= 4 is 11.6 Å². The summed E-state index contributed by atoms with van der Waals surface area (Å²) in [5.41, 5.74) is 4.52. The first kappa shape index (κ1) is 18.5. The number of methoxy groups -OCH3 is 1. The molecule has 3 rings (SSSR count). The Hall–Kier alpha value is -2.26. The highest BCUT2D eigenvalue weighted by Crippen LogP contribution is 2.34. The predicted octanol–water partition coefficient (Wildman–Crippen LogP) is 6.16. The van der Waals surface area contributed by atoms with Gasteiger partial charge in [0, 0.05) is 16.3 Å². The molecule has 0 spiro atoms. The summed E-state index contributed by atoms with van der Waals surface area (Å²) in [5, 5.41) is 0.757. The van der Waals surface area contributed by atoms with Gasteiger partial charge in [0.25, 0.3) is 0 Å². The first-order valence-electron chi connectivity index (χ1n) is 9.10. The van der Waals surface area contributed by atoms with Gasteiger partial charge in [0.1, 0.15) is 5.75 Å². The number of benzene rings is 2. The fraction of sp³-hybridized carbons (Fsp3) is 0.318. The maximum Gasteiger partial charge on any atom is 0.128 e. The van der Waals surface area contributed by atoms with Crippen LogP contribution in [0.15, 0.2) is 54.9 Å². The molecular weight excluding hydrogens is 344 g/mol. The Morgan fingerprint density at radius 1 is 1.12 bits per heavy atom.